The number of carbonyl (C=O) groups is 3. The third-order valence-corrected chi connectivity index (χ3v) is 5.86. The van der Waals surface area contributed by atoms with E-state index in [0.717, 1.165) is 23.3 Å². The van der Waals surface area contributed by atoms with Gasteiger partial charge in [-0.2, -0.15) is 0 Å². The second kappa shape index (κ2) is 6.64. The Morgan fingerprint density at radius 3 is 2.63 bits per heavy atom. The molecule has 1 saturated carbocycles. The predicted molar refractivity (Wildman–Crippen MR) is 97.7 cm³/mol. The molecule has 7 nitrogen and oxygen atoms in total. The summed E-state index contributed by atoms with van der Waals surface area (Å²) in [6, 6.07) is 9.01. The van der Waals surface area contributed by atoms with Crippen molar-refractivity contribution < 1.29 is 19.1 Å². The van der Waals surface area contributed by atoms with Gasteiger partial charge in [-0.1, -0.05) is 30.3 Å². The Kier molecular flexibility index (Phi) is 4.42. The summed E-state index contributed by atoms with van der Waals surface area (Å²) in [5, 5.41) is 2.79. The third-order valence-electron chi connectivity index (χ3n) is 5.86. The van der Waals surface area contributed by atoms with E-state index in [-0.39, 0.29) is 36.4 Å². The zero-order valence-corrected chi connectivity index (χ0v) is 15.7. The van der Waals surface area contributed by atoms with Gasteiger partial charge in [-0.15, -0.1) is 0 Å². The van der Waals surface area contributed by atoms with Gasteiger partial charge >= 0.3 is 6.03 Å². The molecular weight excluding hydrogens is 346 g/mol. The Bertz CT molecular complexity index is 764. The fourth-order valence-corrected chi connectivity index (χ4v) is 4.05. The summed E-state index contributed by atoms with van der Waals surface area (Å²) in [5.41, 5.74) is 0.117. The fourth-order valence-electron chi connectivity index (χ4n) is 4.05. The van der Waals surface area contributed by atoms with Gasteiger partial charge in [0.15, 0.2) is 0 Å². The molecule has 3 fully saturated rings. The molecule has 3 aliphatic rings. The van der Waals surface area contributed by atoms with Gasteiger partial charge in [0.05, 0.1) is 18.8 Å². The number of urea groups is 1. The Morgan fingerprint density at radius 2 is 1.96 bits per heavy atom. The average Bonchev–Trinajstić information content (AvgIpc) is 3.48. The average molecular weight is 371 g/mol. The number of amides is 4. The van der Waals surface area contributed by atoms with Crippen molar-refractivity contribution in [2.24, 2.45) is 5.92 Å². The summed E-state index contributed by atoms with van der Waals surface area (Å²) in [5.74, 6) is -0.349. The van der Waals surface area contributed by atoms with Crippen molar-refractivity contribution in [3.63, 3.8) is 0 Å². The van der Waals surface area contributed by atoms with Crippen molar-refractivity contribution in [1.29, 1.82) is 0 Å². The van der Waals surface area contributed by atoms with Crippen LogP contribution in [0.3, 0.4) is 0 Å². The van der Waals surface area contributed by atoms with Crippen molar-refractivity contribution in [3.05, 3.63) is 35.9 Å². The van der Waals surface area contributed by atoms with Crippen LogP contribution in [0.1, 0.15) is 38.3 Å². The standard InChI is InChI=1S/C20H25N3O4/c1-13-10-22(16(12-27-13)14-6-4-3-5-7-14)17(24)11-23-18(25)20(2,15-8-9-15)21-19(23)26/h3-7,13,15-16H,8-12H2,1-2H3,(H,21,26). The largest absolute Gasteiger partial charge is 0.374 e. The van der Waals surface area contributed by atoms with Crippen molar-refractivity contribution in [3.8, 4) is 0 Å². The molecule has 0 spiro atoms. The molecule has 3 unspecified atom stereocenters. The number of nitrogens with one attached hydrogen (secondary N) is 1. The molecular formula is C20H25N3O4. The Labute approximate surface area is 158 Å². The van der Waals surface area contributed by atoms with Gasteiger partial charge in [-0.25, -0.2) is 4.79 Å². The highest BCUT2D eigenvalue weighted by atomic mass is 16.5. The highest BCUT2D eigenvalue weighted by molar-refractivity contribution is 6.09. The van der Waals surface area contributed by atoms with Crippen molar-refractivity contribution >= 4 is 17.8 Å². The summed E-state index contributed by atoms with van der Waals surface area (Å²) < 4.78 is 5.76. The van der Waals surface area contributed by atoms with Crippen LogP contribution in [0.2, 0.25) is 0 Å². The summed E-state index contributed by atoms with van der Waals surface area (Å²) in [6.45, 7) is 4.28. The molecule has 2 aliphatic heterocycles. The van der Waals surface area contributed by atoms with Gasteiger partial charge in [0, 0.05) is 6.54 Å². The molecule has 1 aromatic rings. The van der Waals surface area contributed by atoms with E-state index in [4.69, 9.17) is 4.74 Å². The molecule has 144 valence electrons. The van der Waals surface area contributed by atoms with E-state index in [9.17, 15) is 14.4 Å². The molecule has 2 saturated heterocycles. The Morgan fingerprint density at radius 1 is 1.26 bits per heavy atom. The molecule has 7 heteroatoms. The molecule has 3 atom stereocenters. The number of ether oxygens (including phenoxy) is 1. The van der Waals surface area contributed by atoms with Gasteiger partial charge in [-0.3, -0.25) is 14.5 Å². The third kappa shape index (κ3) is 3.20. The quantitative estimate of drug-likeness (QED) is 0.817. The van der Waals surface area contributed by atoms with Gasteiger partial charge in [-0.05, 0) is 38.2 Å². The summed E-state index contributed by atoms with van der Waals surface area (Å²) in [4.78, 5) is 41.0. The predicted octanol–water partition coefficient (Wildman–Crippen LogP) is 1.70. The molecule has 27 heavy (non-hydrogen) atoms. The first kappa shape index (κ1) is 18.0. The summed E-state index contributed by atoms with van der Waals surface area (Å²) in [6.07, 6.45) is 1.77. The van der Waals surface area contributed by atoms with Gasteiger partial charge in [0.1, 0.15) is 12.1 Å². The molecule has 4 rings (SSSR count). The Balaban J connectivity index is 1.52. The van der Waals surface area contributed by atoms with Crippen LogP contribution < -0.4 is 5.32 Å². The van der Waals surface area contributed by atoms with E-state index in [0.29, 0.717) is 13.2 Å². The Hall–Kier alpha value is -2.41. The number of imide groups is 1. The molecule has 1 aliphatic carbocycles. The van der Waals surface area contributed by atoms with Crippen LogP contribution in [0.4, 0.5) is 4.79 Å². The second-order valence-electron chi connectivity index (χ2n) is 7.91. The molecule has 1 aromatic carbocycles. The first-order valence-corrected chi connectivity index (χ1v) is 9.50. The van der Waals surface area contributed by atoms with E-state index < -0.39 is 11.6 Å². The second-order valence-corrected chi connectivity index (χ2v) is 7.91. The minimum atomic E-state index is -0.867. The monoisotopic (exact) mass is 371 g/mol. The SMILES string of the molecule is CC1CN(C(=O)CN2C(=O)NC(C)(C3CC3)C2=O)C(c2ccccc2)CO1. The van der Waals surface area contributed by atoms with Crippen molar-refractivity contribution in [1.82, 2.24) is 15.1 Å². The van der Waals surface area contributed by atoms with Crippen molar-refractivity contribution in [2.75, 3.05) is 19.7 Å². The highest BCUT2D eigenvalue weighted by Gasteiger charge is 2.56. The van der Waals surface area contributed by atoms with E-state index in [2.05, 4.69) is 5.32 Å². The van der Waals surface area contributed by atoms with Crippen molar-refractivity contribution in [2.45, 2.75) is 44.4 Å². The van der Waals surface area contributed by atoms with Crippen LogP contribution in [-0.4, -0.2) is 59.0 Å². The smallest absolute Gasteiger partial charge is 0.325 e. The number of rotatable bonds is 4. The minimum Gasteiger partial charge on any atom is -0.374 e. The number of hydrogen-bond donors (Lipinski definition) is 1. The van der Waals surface area contributed by atoms with E-state index in [1.807, 2.05) is 37.3 Å². The fraction of sp³-hybridized carbons (Fsp3) is 0.550. The maximum Gasteiger partial charge on any atom is 0.325 e. The van der Waals surface area contributed by atoms with Crippen LogP contribution >= 0.6 is 0 Å². The zero-order chi connectivity index (χ0) is 19.2. The van der Waals surface area contributed by atoms with Gasteiger partial charge in [0.2, 0.25) is 5.91 Å². The number of hydrogen-bond acceptors (Lipinski definition) is 4. The molecule has 0 bridgehead atoms. The number of benzene rings is 1. The lowest BCUT2D eigenvalue weighted by Gasteiger charge is -2.39. The number of nitrogens with zero attached hydrogens (tertiary/aromatic N) is 2. The number of morpholine rings is 1. The molecule has 1 N–H and O–H groups in total. The van der Waals surface area contributed by atoms with Crippen LogP contribution in [0.15, 0.2) is 30.3 Å². The topological polar surface area (TPSA) is 79.0 Å². The van der Waals surface area contributed by atoms with E-state index in [1.165, 1.54) is 0 Å². The lowest BCUT2D eigenvalue weighted by molar-refractivity contribution is -0.148. The first-order valence-electron chi connectivity index (χ1n) is 9.50. The van der Waals surface area contributed by atoms with Crippen LogP contribution in [0, 0.1) is 5.92 Å². The molecule has 0 radical (unpaired) electrons. The lowest BCUT2D eigenvalue weighted by Crippen LogP contribution is -2.51. The summed E-state index contributed by atoms with van der Waals surface area (Å²) >= 11 is 0. The number of carbonyl (C=O) groups excluding carboxylic acids is 3. The van der Waals surface area contributed by atoms with Crippen LogP contribution in [0.5, 0.6) is 0 Å². The molecule has 2 heterocycles. The molecule has 0 aromatic heterocycles. The van der Waals surface area contributed by atoms with Crippen LogP contribution in [0.25, 0.3) is 0 Å². The maximum atomic E-state index is 13.1. The highest BCUT2D eigenvalue weighted by Crippen LogP contribution is 2.42. The van der Waals surface area contributed by atoms with E-state index >= 15 is 0 Å². The summed E-state index contributed by atoms with van der Waals surface area (Å²) in [7, 11) is 0. The minimum absolute atomic E-state index is 0.0891. The van der Waals surface area contributed by atoms with Gasteiger partial charge < -0.3 is 15.0 Å². The van der Waals surface area contributed by atoms with Crippen LogP contribution in [-0.2, 0) is 14.3 Å². The van der Waals surface area contributed by atoms with E-state index in [1.54, 1.807) is 11.8 Å². The molecule has 4 amide bonds. The zero-order valence-electron chi connectivity index (χ0n) is 15.7. The maximum absolute atomic E-state index is 13.1. The van der Waals surface area contributed by atoms with Gasteiger partial charge in [0.25, 0.3) is 5.91 Å². The lowest BCUT2D eigenvalue weighted by atomic mass is 9.96. The first-order chi connectivity index (χ1) is 12.9. The normalized spacial score (nSPS) is 31.2.